The lowest BCUT2D eigenvalue weighted by Crippen LogP contribution is -2.31. The summed E-state index contributed by atoms with van der Waals surface area (Å²) in [6.45, 7) is 3.37. The topological polar surface area (TPSA) is 50.2 Å². The smallest absolute Gasteiger partial charge is 0.271 e. The second-order valence-corrected chi connectivity index (χ2v) is 5.35. The first-order chi connectivity index (χ1) is 8.68. The minimum atomic E-state index is 0.0596. The molecule has 0 amide bonds. The molecule has 0 saturated carbocycles. The number of hydrogen-bond donors (Lipinski definition) is 1. The Kier molecular flexibility index (Phi) is 4.46. The Morgan fingerprint density at radius 2 is 2.28 bits per heavy atom. The normalized spacial score (nSPS) is 11.5. The molecule has 0 aliphatic rings. The standard InChI is InChI=1S/C12H18N4OS/c1-15(2)6-4-13-5-7-16-9-14-10-3-8-18-11(10)12(16)17/h3,8-9,13H,4-7H2,1-2H3. The zero-order valence-electron chi connectivity index (χ0n) is 10.7. The second kappa shape index (κ2) is 6.08. The van der Waals surface area contributed by atoms with Gasteiger partial charge in [0, 0.05) is 26.2 Å². The number of hydrogen-bond acceptors (Lipinski definition) is 5. The zero-order chi connectivity index (χ0) is 13.0. The molecule has 0 aliphatic heterocycles. The summed E-state index contributed by atoms with van der Waals surface area (Å²) >= 11 is 1.45. The van der Waals surface area contributed by atoms with Crippen LogP contribution in [0.2, 0.25) is 0 Å². The van der Waals surface area contributed by atoms with Crippen LogP contribution >= 0.6 is 11.3 Å². The third-order valence-electron chi connectivity index (χ3n) is 2.70. The van der Waals surface area contributed by atoms with Crippen LogP contribution in [0.1, 0.15) is 0 Å². The summed E-state index contributed by atoms with van der Waals surface area (Å²) in [6.07, 6.45) is 1.63. The van der Waals surface area contributed by atoms with E-state index in [9.17, 15) is 4.79 Å². The van der Waals surface area contributed by atoms with E-state index in [2.05, 4.69) is 15.2 Å². The number of thiophene rings is 1. The average molecular weight is 266 g/mol. The molecule has 2 heterocycles. The molecule has 98 valence electrons. The molecule has 18 heavy (non-hydrogen) atoms. The Bertz CT molecular complexity index is 560. The first-order valence-electron chi connectivity index (χ1n) is 5.96. The number of likely N-dealkylation sites (N-methyl/N-ethyl adjacent to an activating group) is 1. The van der Waals surface area contributed by atoms with Gasteiger partial charge in [-0.1, -0.05) is 0 Å². The van der Waals surface area contributed by atoms with Gasteiger partial charge in [-0.05, 0) is 25.5 Å². The lowest BCUT2D eigenvalue weighted by molar-refractivity contribution is 0.397. The van der Waals surface area contributed by atoms with Crippen LogP contribution in [0.5, 0.6) is 0 Å². The molecule has 2 aromatic rings. The van der Waals surface area contributed by atoms with Crippen LogP contribution in [-0.2, 0) is 6.54 Å². The van der Waals surface area contributed by atoms with Gasteiger partial charge in [0.2, 0.25) is 0 Å². The predicted molar refractivity (Wildman–Crippen MR) is 75.3 cm³/mol. The molecule has 0 spiro atoms. The summed E-state index contributed by atoms with van der Waals surface area (Å²) in [5.41, 5.74) is 0.853. The van der Waals surface area contributed by atoms with Gasteiger partial charge in [-0.3, -0.25) is 9.36 Å². The molecule has 0 fully saturated rings. The third-order valence-corrected chi connectivity index (χ3v) is 3.59. The van der Waals surface area contributed by atoms with Crippen molar-refractivity contribution >= 4 is 21.6 Å². The number of nitrogens with zero attached hydrogens (tertiary/aromatic N) is 3. The highest BCUT2D eigenvalue weighted by Crippen LogP contribution is 2.12. The van der Waals surface area contributed by atoms with Crippen LogP contribution in [0.25, 0.3) is 10.2 Å². The van der Waals surface area contributed by atoms with Gasteiger partial charge in [-0.15, -0.1) is 11.3 Å². The van der Waals surface area contributed by atoms with Crippen molar-refractivity contribution in [2.45, 2.75) is 6.54 Å². The first kappa shape index (κ1) is 13.2. The fourth-order valence-corrected chi connectivity index (χ4v) is 2.46. The van der Waals surface area contributed by atoms with Crippen molar-refractivity contribution in [2.75, 3.05) is 33.7 Å². The molecule has 1 N–H and O–H groups in total. The number of nitrogens with one attached hydrogen (secondary N) is 1. The predicted octanol–water partition coefficient (Wildman–Crippen LogP) is 0.609. The van der Waals surface area contributed by atoms with Crippen LogP contribution in [0.15, 0.2) is 22.6 Å². The van der Waals surface area contributed by atoms with E-state index >= 15 is 0 Å². The summed E-state index contributed by atoms with van der Waals surface area (Å²) in [6, 6.07) is 1.88. The van der Waals surface area contributed by atoms with Gasteiger partial charge >= 0.3 is 0 Å². The molecule has 0 bridgehead atoms. The van der Waals surface area contributed by atoms with E-state index in [0.29, 0.717) is 6.54 Å². The van der Waals surface area contributed by atoms with Crippen molar-refractivity contribution in [3.05, 3.63) is 28.1 Å². The van der Waals surface area contributed by atoms with Crippen molar-refractivity contribution in [3.63, 3.8) is 0 Å². The largest absolute Gasteiger partial charge is 0.314 e. The highest BCUT2D eigenvalue weighted by molar-refractivity contribution is 7.17. The minimum absolute atomic E-state index is 0.0596. The Morgan fingerprint density at radius 1 is 1.44 bits per heavy atom. The van der Waals surface area contributed by atoms with Gasteiger partial charge < -0.3 is 10.2 Å². The van der Waals surface area contributed by atoms with E-state index in [1.807, 2.05) is 25.5 Å². The number of aromatic nitrogens is 2. The van der Waals surface area contributed by atoms with E-state index < -0.39 is 0 Å². The quantitative estimate of drug-likeness (QED) is 0.778. The molecular weight excluding hydrogens is 248 g/mol. The monoisotopic (exact) mass is 266 g/mol. The van der Waals surface area contributed by atoms with Gasteiger partial charge in [0.25, 0.3) is 5.56 Å². The second-order valence-electron chi connectivity index (χ2n) is 4.43. The Morgan fingerprint density at radius 3 is 3.06 bits per heavy atom. The van der Waals surface area contributed by atoms with Crippen LogP contribution in [0.3, 0.4) is 0 Å². The summed E-state index contributed by atoms with van der Waals surface area (Å²) < 4.78 is 2.41. The van der Waals surface area contributed by atoms with Crippen LogP contribution in [0, 0.1) is 0 Å². The Balaban J connectivity index is 1.91. The Hall–Kier alpha value is -1.24. The molecule has 0 saturated heterocycles. The van der Waals surface area contributed by atoms with Crippen LogP contribution in [-0.4, -0.2) is 48.2 Å². The van der Waals surface area contributed by atoms with E-state index in [1.165, 1.54) is 11.3 Å². The first-order valence-corrected chi connectivity index (χ1v) is 6.84. The van der Waals surface area contributed by atoms with Crippen molar-refractivity contribution in [1.29, 1.82) is 0 Å². The van der Waals surface area contributed by atoms with Gasteiger partial charge in [0.15, 0.2) is 0 Å². The molecular formula is C12H18N4OS. The Labute approximate surface area is 110 Å². The molecule has 6 heteroatoms. The lowest BCUT2D eigenvalue weighted by Gasteiger charge is -2.10. The molecule has 0 atom stereocenters. The zero-order valence-corrected chi connectivity index (χ0v) is 11.5. The van der Waals surface area contributed by atoms with Gasteiger partial charge in [0.05, 0.1) is 11.8 Å². The van der Waals surface area contributed by atoms with Gasteiger partial charge in [-0.2, -0.15) is 0 Å². The van der Waals surface area contributed by atoms with E-state index in [1.54, 1.807) is 10.9 Å². The van der Waals surface area contributed by atoms with E-state index in [-0.39, 0.29) is 5.56 Å². The molecule has 0 aromatic carbocycles. The molecule has 0 aliphatic carbocycles. The maximum atomic E-state index is 12.1. The molecule has 5 nitrogen and oxygen atoms in total. The van der Waals surface area contributed by atoms with Crippen LogP contribution in [0.4, 0.5) is 0 Å². The van der Waals surface area contributed by atoms with Crippen LogP contribution < -0.4 is 10.9 Å². The van der Waals surface area contributed by atoms with E-state index in [0.717, 1.165) is 29.9 Å². The summed E-state index contributed by atoms with van der Waals surface area (Å²) in [5, 5.41) is 5.21. The average Bonchev–Trinajstić information content (AvgIpc) is 2.80. The maximum Gasteiger partial charge on any atom is 0.271 e. The van der Waals surface area contributed by atoms with Crippen molar-refractivity contribution in [3.8, 4) is 0 Å². The van der Waals surface area contributed by atoms with E-state index in [4.69, 9.17) is 0 Å². The molecule has 2 aromatic heterocycles. The van der Waals surface area contributed by atoms with Crippen molar-refractivity contribution in [2.24, 2.45) is 0 Å². The summed E-state index contributed by atoms with van der Waals surface area (Å²) in [4.78, 5) is 18.4. The third kappa shape index (κ3) is 3.16. The molecule has 0 unspecified atom stereocenters. The maximum absolute atomic E-state index is 12.1. The molecule has 2 rings (SSSR count). The van der Waals surface area contributed by atoms with Gasteiger partial charge in [-0.25, -0.2) is 4.98 Å². The summed E-state index contributed by atoms with van der Waals surface area (Å²) in [5.74, 6) is 0. The number of fused-ring (bicyclic) bond motifs is 1. The number of rotatable bonds is 6. The minimum Gasteiger partial charge on any atom is -0.314 e. The fraction of sp³-hybridized carbons (Fsp3) is 0.500. The van der Waals surface area contributed by atoms with Crippen molar-refractivity contribution in [1.82, 2.24) is 19.8 Å². The lowest BCUT2D eigenvalue weighted by atomic mass is 10.4. The van der Waals surface area contributed by atoms with Crippen molar-refractivity contribution < 1.29 is 0 Å². The van der Waals surface area contributed by atoms with Gasteiger partial charge in [0.1, 0.15) is 4.70 Å². The highest BCUT2D eigenvalue weighted by atomic mass is 32.1. The summed E-state index contributed by atoms with van der Waals surface area (Å²) in [7, 11) is 4.08. The SMILES string of the molecule is CN(C)CCNCCn1cnc2ccsc2c1=O. The highest BCUT2D eigenvalue weighted by Gasteiger charge is 2.04. The fourth-order valence-electron chi connectivity index (χ4n) is 1.67. The molecule has 0 radical (unpaired) electrons.